The van der Waals surface area contributed by atoms with Crippen LogP contribution >= 0.6 is 0 Å². The number of nitrogens with zero attached hydrogens (tertiary/aromatic N) is 3. The number of phenols is 1. The van der Waals surface area contributed by atoms with E-state index in [4.69, 9.17) is 0 Å². The van der Waals surface area contributed by atoms with Crippen LogP contribution in [0, 0.1) is 0 Å². The molecule has 9 heteroatoms. The summed E-state index contributed by atoms with van der Waals surface area (Å²) < 4.78 is 27.9. The summed E-state index contributed by atoms with van der Waals surface area (Å²) in [5, 5.41) is 15.8. The molecule has 4 rings (SSSR count). The predicted molar refractivity (Wildman–Crippen MR) is 124 cm³/mol. The Morgan fingerprint density at radius 1 is 1.19 bits per heavy atom. The van der Waals surface area contributed by atoms with Crippen molar-refractivity contribution in [3.63, 3.8) is 0 Å². The van der Waals surface area contributed by atoms with Crippen LogP contribution in [0.4, 0.5) is 5.95 Å². The quantitative estimate of drug-likeness (QED) is 0.504. The van der Waals surface area contributed by atoms with Crippen molar-refractivity contribution in [1.82, 2.24) is 19.6 Å². The Bertz CT molecular complexity index is 1170. The Morgan fingerprint density at radius 2 is 2.00 bits per heavy atom. The van der Waals surface area contributed by atoms with Crippen molar-refractivity contribution < 1.29 is 13.5 Å². The fourth-order valence-corrected chi connectivity index (χ4v) is 5.39. The normalized spacial score (nSPS) is 17.2. The number of rotatable bonds is 7. The van der Waals surface area contributed by atoms with Gasteiger partial charge >= 0.3 is 0 Å². The highest BCUT2D eigenvalue weighted by Gasteiger charge is 2.31. The van der Waals surface area contributed by atoms with E-state index in [0.717, 1.165) is 17.5 Å². The molecule has 0 saturated carbocycles. The summed E-state index contributed by atoms with van der Waals surface area (Å²) in [4.78, 5) is 9.10. The molecule has 0 radical (unpaired) electrons. The lowest BCUT2D eigenvalue weighted by Gasteiger charge is -2.32. The molecule has 1 unspecified atom stereocenters. The van der Waals surface area contributed by atoms with Crippen molar-refractivity contribution >= 4 is 16.0 Å². The molecular formula is C23H27N5O3S. The molecule has 2 aromatic carbocycles. The zero-order valence-corrected chi connectivity index (χ0v) is 18.7. The lowest BCUT2D eigenvalue weighted by molar-refractivity contribution is 0.284. The van der Waals surface area contributed by atoms with E-state index >= 15 is 0 Å². The molecule has 32 heavy (non-hydrogen) atoms. The maximum Gasteiger partial charge on any atom is 0.243 e. The summed E-state index contributed by atoms with van der Waals surface area (Å²) in [7, 11) is -3.58. The molecule has 0 bridgehead atoms. The molecule has 3 aromatic rings. The van der Waals surface area contributed by atoms with E-state index in [1.54, 1.807) is 46.9 Å². The van der Waals surface area contributed by atoms with Gasteiger partial charge in [0.2, 0.25) is 16.0 Å². The van der Waals surface area contributed by atoms with Gasteiger partial charge in [-0.05, 0) is 49.2 Å². The molecule has 0 aliphatic carbocycles. The summed E-state index contributed by atoms with van der Waals surface area (Å²) in [6.07, 6.45) is 2.41. The zero-order valence-electron chi connectivity index (χ0n) is 17.9. The molecule has 1 saturated heterocycles. The van der Waals surface area contributed by atoms with Crippen molar-refractivity contribution in [2.24, 2.45) is 0 Å². The Kier molecular flexibility index (Phi) is 6.69. The molecular weight excluding hydrogens is 426 g/mol. The largest absolute Gasteiger partial charge is 0.508 e. The van der Waals surface area contributed by atoms with Crippen LogP contribution in [0.25, 0.3) is 11.3 Å². The topological polar surface area (TPSA) is 107 Å². The SMILES string of the molecule is CC1CNCCN1S(=O)(=O)c1cccc(-c2ccnc(NCCc3ccc(O)cc3)n2)c1. The molecule has 1 aliphatic rings. The highest BCUT2D eigenvalue weighted by molar-refractivity contribution is 7.89. The van der Waals surface area contributed by atoms with Crippen molar-refractivity contribution in [2.75, 3.05) is 31.5 Å². The fourth-order valence-electron chi connectivity index (χ4n) is 3.72. The Morgan fingerprint density at radius 3 is 2.78 bits per heavy atom. The van der Waals surface area contributed by atoms with Crippen LogP contribution in [-0.2, 0) is 16.4 Å². The van der Waals surface area contributed by atoms with Crippen molar-refractivity contribution in [2.45, 2.75) is 24.3 Å². The standard InChI is InChI=1S/C23H27N5O3S/c1-17-16-24-13-14-28(17)32(30,31)21-4-2-3-19(15-21)22-10-12-26-23(27-22)25-11-9-18-5-7-20(29)8-6-18/h2-8,10,12,15,17,24,29H,9,11,13-14,16H2,1H3,(H,25,26,27). The molecule has 1 aromatic heterocycles. The van der Waals surface area contributed by atoms with Crippen molar-refractivity contribution in [3.8, 4) is 17.0 Å². The van der Waals surface area contributed by atoms with Gasteiger partial charge in [0.05, 0.1) is 10.6 Å². The van der Waals surface area contributed by atoms with E-state index in [1.165, 1.54) is 0 Å². The van der Waals surface area contributed by atoms with Crippen LogP contribution in [0.2, 0.25) is 0 Å². The van der Waals surface area contributed by atoms with Gasteiger partial charge in [0.25, 0.3) is 0 Å². The van der Waals surface area contributed by atoms with Gasteiger partial charge in [-0.3, -0.25) is 0 Å². The first-order valence-electron chi connectivity index (χ1n) is 10.6. The smallest absolute Gasteiger partial charge is 0.243 e. The van der Waals surface area contributed by atoms with E-state index < -0.39 is 10.0 Å². The second-order valence-corrected chi connectivity index (χ2v) is 9.70. The van der Waals surface area contributed by atoms with Gasteiger partial charge in [-0.25, -0.2) is 18.4 Å². The van der Waals surface area contributed by atoms with Gasteiger partial charge in [0.15, 0.2) is 0 Å². The number of piperazine rings is 1. The molecule has 1 aliphatic heterocycles. The Hall–Kier alpha value is -3.01. The number of phenolic OH excluding ortho intramolecular Hbond substituents is 1. The van der Waals surface area contributed by atoms with Crippen LogP contribution in [0.5, 0.6) is 5.75 Å². The second-order valence-electron chi connectivity index (χ2n) is 7.81. The molecule has 3 N–H and O–H groups in total. The number of hydrogen-bond acceptors (Lipinski definition) is 7. The third-order valence-electron chi connectivity index (χ3n) is 5.47. The minimum atomic E-state index is -3.58. The van der Waals surface area contributed by atoms with Crippen molar-refractivity contribution in [1.29, 1.82) is 0 Å². The zero-order chi connectivity index (χ0) is 22.6. The molecule has 0 spiro atoms. The minimum Gasteiger partial charge on any atom is -0.508 e. The summed E-state index contributed by atoms with van der Waals surface area (Å²) >= 11 is 0. The van der Waals surface area contributed by atoms with Crippen LogP contribution in [0.1, 0.15) is 12.5 Å². The Labute approximate surface area is 188 Å². The predicted octanol–water partition coefficient (Wildman–Crippen LogP) is 2.49. The first kappa shape index (κ1) is 22.2. The number of nitrogens with one attached hydrogen (secondary N) is 2. The minimum absolute atomic E-state index is 0.0964. The van der Waals surface area contributed by atoms with E-state index in [-0.39, 0.29) is 16.7 Å². The summed E-state index contributed by atoms with van der Waals surface area (Å²) in [5.74, 6) is 0.721. The molecule has 1 atom stereocenters. The summed E-state index contributed by atoms with van der Waals surface area (Å²) in [6, 6.07) is 15.6. The third kappa shape index (κ3) is 5.07. The number of hydrogen-bond donors (Lipinski definition) is 3. The van der Waals surface area contributed by atoms with E-state index in [0.29, 0.717) is 37.8 Å². The monoisotopic (exact) mass is 453 g/mol. The van der Waals surface area contributed by atoms with Gasteiger partial charge in [-0.15, -0.1) is 0 Å². The lowest BCUT2D eigenvalue weighted by atomic mass is 10.1. The third-order valence-corrected chi connectivity index (χ3v) is 7.48. The van der Waals surface area contributed by atoms with Crippen molar-refractivity contribution in [3.05, 3.63) is 66.4 Å². The highest BCUT2D eigenvalue weighted by atomic mass is 32.2. The molecule has 0 amide bonds. The fraction of sp³-hybridized carbons (Fsp3) is 0.304. The maximum atomic E-state index is 13.2. The van der Waals surface area contributed by atoms with Gasteiger partial charge in [0.1, 0.15) is 5.75 Å². The number of benzene rings is 2. The average molecular weight is 454 g/mol. The van der Waals surface area contributed by atoms with E-state index in [1.807, 2.05) is 25.1 Å². The maximum absolute atomic E-state index is 13.2. The van der Waals surface area contributed by atoms with Crippen LogP contribution in [0.3, 0.4) is 0 Å². The number of anilines is 1. The van der Waals surface area contributed by atoms with Crippen LogP contribution < -0.4 is 10.6 Å². The second kappa shape index (κ2) is 9.64. The summed E-state index contributed by atoms with van der Waals surface area (Å²) in [5.41, 5.74) is 2.46. The van der Waals surface area contributed by atoms with Crippen LogP contribution in [-0.4, -0.2) is 60.0 Å². The van der Waals surface area contributed by atoms with Gasteiger partial charge in [-0.2, -0.15) is 4.31 Å². The average Bonchev–Trinajstić information content (AvgIpc) is 2.81. The lowest BCUT2D eigenvalue weighted by Crippen LogP contribution is -2.52. The summed E-state index contributed by atoms with van der Waals surface area (Å²) in [6.45, 7) is 4.28. The number of aromatic nitrogens is 2. The first-order valence-corrected chi connectivity index (χ1v) is 12.1. The molecule has 1 fully saturated rings. The van der Waals surface area contributed by atoms with Gasteiger partial charge in [0, 0.05) is 44.0 Å². The molecule has 168 valence electrons. The molecule has 8 nitrogen and oxygen atoms in total. The number of sulfonamides is 1. The van der Waals surface area contributed by atoms with Crippen LogP contribution in [0.15, 0.2) is 65.7 Å². The number of aromatic hydroxyl groups is 1. The Balaban J connectivity index is 1.49. The molecule has 2 heterocycles. The van der Waals surface area contributed by atoms with E-state index in [9.17, 15) is 13.5 Å². The first-order chi connectivity index (χ1) is 15.4. The van der Waals surface area contributed by atoms with E-state index in [2.05, 4.69) is 20.6 Å². The highest BCUT2D eigenvalue weighted by Crippen LogP contribution is 2.25. The van der Waals surface area contributed by atoms with Gasteiger partial charge < -0.3 is 15.7 Å². The van der Waals surface area contributed by atoms with Gasteiger partial charge in [-0.1, -0.05) is 24.3 Å².